The van der Waals surface area contributed by atoms with E-state index in [1.54, 1.807) is 0 Å². The van der Waals surface area contributed by atoms with E-state index < -0.39 is 0 Å². The van der Waals surface area contributed by atoms with Gasteiger partial charge in [0.05, 0.1) is 55.2 Å². The third-order valence-corrected chi connectivity index (χ3v) is 32.0. The largest absolute Gasteiger partial charge is 0.455 e. The lowest BCUT2D eigenvalue weighted by Gasteiger charge is -2.17. The predicted octanol–water partition coefficient (Wildman–Crippen LogP) is 37.1. The van der Waals surface area contributed by atoms with Crippen LogP contribution in [0.3, 0.4) is 0 Å². The van der Waals surface area contributed by atoms with E-state index in [9.17, 15) is 0 Å². The summed E-state index contributed by atoms with van der Waals surface area (Å²) in [6.07, 6.45) is 0. The van der Waals surface area contributed by atoms with E-state index in [-0.39, 0.29) is 0 Å². The number of benzene rings is 22. The third-order valence-electron chi connectivity index (χ3n) is 29.6. The van der Waals surface area contributed by atoms with Crippen LogP contribution in [-0.2, 0) is 0 Å². The molecular formula is C132H79N5OS2. The second-order valence-electron chi connectivity index (χ2n) is 37.4. The molecular weight excluding hydrogens is 1740 g/mol. The molecule has 140 heavy (non-hydrogen) atoms. The number of nitrogens with zero attached hydrogens (tertiary/aromatic N) is 5. The fraction of sp³-hybridized carbons (Fsp3) is 0. The molecule has 30 rings (SSSR count). The van der Waals surface area contributed by atoms with Gasteiger partial charge in [-0.2, -0.15) is 0 Å². The molecule has 30 aromatic rings. The first kappa shape index (κ1) is 78.4. The highest BCUT2D eigenvalue weighted by Gasteiger charge is 2.26. The summed E-state index contributed by atoms with van der Waals surface area (Å²) in [5, 5.41) is 19.2. The SMILES string of the molecule is c1cc(-c2cc(-c3ccc4c(c3)c3cc(-n5c6ccccc6c6ccccc65)ccc3n4-c3cc(-c4cc(-c5cccc(-n6c7ccccc7c7ccccc76)c5)cc(-c5ccc6sc7ccccc7c6c5)c4)cc(-c4cccc(-c5cccc6c5sc5ccccc56)c4)c3)cc(-n3c4ccccc4c4cc(-n5c6ccccc6c6ccccc65)ccc43)c2)cc(-c2cccc3c2oc2ccccc23)c1. The summed E-state index contributed by atoms with van der Waals surface area (Å²) in [7, 11) is 0. The van der Waals surface area contributed by atoms with E-state index >= 15 is 0 Å². The molecule has 0 saturated heterocycles. The number of para-hydroxylation sites is 9. The Kier molecular flexibility index (Phi) is 17.3. The van der Waals surface area contributed by atoms with Crippen molar-refractivity contribution in [2.45, 2.75) is 0 Å². The number of hydrogen-bond acceptors (Lipinski definition) is 3. The smallest absolute Gasteiger partial charge is 0.143 e. The molecule has 0 amide bonds. The van der Waals surface area contributed by atoms with Crippen LogP contribution in [0.1, 0.15) is 0 Å². The van der Waals surface area contributed by atoms with E-state index in [2.05, 4.69) is 502 Å². The average molecular weight is 1820 g/mol. The minimum Gasteiger partial charge on any atom is -0.455 e. The maximum Gasteiger partial charge on any atom is 0.143 e. The van der Waals surface area contributed by atoms with Crippen LogP contribution in [-0.4, -0.2) is 22.8 Å². The van der Waals surface area contributed by atoms with Gasteiger partial charge in [-0.1, -0.05) is 279 Å². The summed E-state index contributed by atoms with van der Waals surface area (Å²) in [5.74, 6) is 0. The van der Waals surface area contributed by atoms with E-state index in [4.69, 9.17) is 4.42 Å². The Morgan fingerprint density at radius 1 is 0.143 bits per heavy atom. The fourth-order valence-electron chi connectivity index (χ4n) is 23.3. The lowest BCUT2D eigenvalue weighted by Crippen LogP contribution is -1.98. The van der Waals surface area contributed by atoms with Gasteiger partial charge in [0.2, 0.25) is 0 Å². The van der Waals surface area contributed by atoms with Crippen LogP contribution in [0.4, 0.5) is 0 Å². The van der Waals surface area contributed by atoms with Gasteiger partial charge in [-0.15, -0.1) is 22.7 Å². The molecule has 8 heterocycles. The van der Waals surface area contributed by atoms with Crippen molar-refractivity contribution >= 4 is 194 Å². The fourth-order valence-corrected chi connectivity index (χ4v) is 25.6. The van der Waals surface area contributed by atoms with Crippen molar-refractivity contribution in [2.24, 2.45) is 0 Å². The van der Waals surface area contributed by atoms with Crippen LogP contribution in [0.2, 0.25) is 0 Å². The molecule has 8 aromatic heterocycles. The van der Waals surface area contributed by atoms with Gasteiger partial charge in [-0.05, 0) is 284 Å². The van der Waals surface area contributed by atoms with Gasteiger partial charge in [-0.3, -0.25) is 0 Å². The summed E-state index contributed by atoms with van der Waals surface area (Å²) in [5.41, 5.74) is 36.3. The molecule has 0 aliphatic heterocycles. The molecule has 0 atom stereocenters. The monoisotopic (exact) mass is 1810 g/mol. The van der Waals surface area contributed by atoms with Gasteiger partial charge in [-0.25, -0.2) is 0 Å². The first-order valence-electron chi connectivity index (χ1n) is 48.0. The normalized spacial score (nSPS) is 12.1. The lowest BCUT2D eigenvalue weighted by molar-refractivity contribution is 0.670. The van der Waals surface area contributed by atoms with Gasteiger partial charge < -0.3 is 27.3 Å². The zero-order valence-corrected chi connectivity index (χ0v) is 77.2. The van der Waals surface area contributed by atoms with Gasteiger partial charge in [0.25, 0.3) is 0 Å². The molecule has 0 radical (unpaired) electrons. The second kappa shape index (κ2) is 30.8. The van der Waals surface area contributed by atoms with Crippen molar-refractivity contribution < 1.29 is 4.42 Å². The highest BCUT2D eigenvalue weighted by Crippen LogP contribution is 2.50. The number of thiophene rings is 2. The minimum absolute atomic E-state index is 0.875. The first-order valence-corrected chi connectivity index (χ1v) is 49.6. The van der Waals surface area contributed by atoms with E-state index in [0.717, 1.165) is 172 Å². The molecule has 0 bridgehead atoms. The Morgan fingerprint density at radius 2 is 0.429 bits per heavy atom. The lowest BCUT2D eigenvalue weighted by atomic mass is 9.90. The number of fused-ring (bicyclic) bond motifs is 24. The van der Waals surface area contributed by atoms with Crippen molar-refractivity contribution in [1.29, 1.82) is 0 Å². The van der Waals surface area contributed by atoms with Crippen LogP contribution in [0.15, 0.2) is 484 Å². The number of furan rings is 1. The van der Waals surface area contributed by atoms with Crippen LogP contribution >= 0.6 is 22.7 Å². The highest BCUT2D eigenvalue weighted by atomic mass is 32.1. The van der Waals surface area contributed by atoms with Crippen molar-refractivity contribution in [2.75, 3.05) is 0 Å². The van der Waals surface area contributed by atoms with Crippen LogP contribution in [0.25, 0.3) is 289 Å². The van der Waals surface area contributed by atoms with Crippen molar-refractivity contribution in [3.05, 3.63) is 479 Å². The standard InChI is InChI=1S/C132H79N5OS2/c1-11-46-117-101(32-1)102-33-2-12-47-118(102)133(117)94-31-23-28-82(71-94)87-66-88(84-57-63-130-116(77-84)110-41-10-19-54-128(110)139-130)68-89(67-87)93-70-91(81-27-22-30-86(65-81)100-43-25-45-112-109-40-9-20-55-129(109)140-132(100)112)73-98(75-93)137-124-60-56-83(76-113(124)115-79-96(59-62-126(115)137)135-121-50-15-5-36-105(121)106-37-6-16-51-122(106)135)92-69-90(80-26-21-29-85(64-80)99-42-24-44-111-108-39-8-18-53-127(108)138-131(99)111)72-97(74-92)136-123-52-17-7-38-107(123)114-78-95(58-61-125(114)136)134-119-48-13-3-34-103(119)104-35-4-14-49-120(104)134/h1-79H. The maximum atomic E-state index is 6.82. The molecule has 0 spiro atoms. The molecule has 0 saturated carbocycles. The molecule has 8 heteroatoms. The quantitative estimate of drug-likeness (QED) is 0.113. The zero-order valence-electron chi connectivity index (χ0n) is 75.6. The summed E-state index contributed by atoms with van der Waals surface area (Å²) in [4.78, 5) is 0. The highest BCUT2D eigenvalue weighted by molar-refractivity contribution is 7.26. The summed E-state index contributed by atoms with van der Waals surface area (Å²) in [6, 6.07) is 180. The molecule has 0 unspecified atom stereocenters. The summed E-state index contributed by atoms with van der Waals surface area (Å²) < 4.78 is 24.4. The van der Waals surface area contributed by atoms with Gasteiger partial charge in [0, 0.05) is 139 Å². The van der Waals surface area contributed by atoms with E-state index in [0.29, 0.717) is 0 Å². The zero-order chi connectivity index (χ0) is 91.5. The Bertz CT molecular complexity index is 10400. The van der Waals surface area contributed by atoms with Gasteiger partial charge in [0.15, 0.2) is 0 Å². The van der Waals surface area contributed by atoms with Gasteiger partial charge in [0.1, 0.15) is 11.2 Å². The van der Waals surface area contributed by atoms with Crippen LogP contribution in [0.5, 0.6) is 0 Å². The number of rotatable bonds is 13. The van der Waals surface area contributed by atoms with Crippen molar-refractivity contribution in [3.8, 4) is 117 Å². The van der Waals surface area contributed by atoms with Crippen molar-refractivity contribution in [1.82, 2.24) is 22.8 Å². The molecule has 0 N–H and O–H groups in total. The number of hydrogen-bond donors (Lipinski definition) is 0. The first-order chi connectivity index (χ1) is 69.4. The number of aromatic nitrogens is 5. The molecule has 0 aliphatic rings. The third kappa shape index (κ3) is 12.2. The van der Waals surface area contributed by atoms with Gasteiger partial charge >= 0.3 is 0 Å². The summed E-state index contributed by atoms with van der Waals surface area (Å²) >= 11 is 3.74. The predicted molar refractivity (Wildman–Crippen MR) is 595 cm³/mol. The van der Waals surface area contributed by atoms with Crippen LogP contribution < -0.4 is 0 Å². The minimum atomic E-state index is 0.875. The van der Waals surface area contributed by atoms with E-state index in [1.807, 2.05) is 22.7 Å². The molecule has 0 aliphatic carbocycles. The van der Waals surface area contributed by atoms with E-state index in [1.165, 1.54) is 117 Å². The Labute approximate surface area is 811 Å². The Morgan fingerprint density at radius 3 is 0.936 bits per heavy atom. The molecule has 22 aromatic carbocycles. The Balaban J connectivity index is 0.662. The molecule has 0 fully saturated rings. The Hall–Kier alpha value is -17.9. The summed E-state index contributed by atoms with van der Waals surface area (Å²) in [6.45, 7) is 0. The second-order valence-corrected chi connectivity index (χ2v) is 39.5. The van der Waals surface area contributed by atoms with Crippen molar-refractivity contribution in [3.63, 3.8) is 0 Å². The average Bonchev–Trinajstić information content (AvgIpc) is 1.56. The molecule has 650 valence electrons. The molecule has 6 nitrogen and oxygen atoms in total. The van der Waals surface area contributed by atoms with Crippen LogP contribution in [0, 0.1) is 0 Å². The maximum absolute atomic E-state index is 6.82. The topological polar surface area (TPSA) is 37.8 Å².